The van der Waals surface area contributed by atoms with Crippen molar-refractivity contribution in [3.63, 3.8) is 0 Å². The van der Waals surface area contributed by atoms with Crippen LogP contribution in [0.15, 0.2) is 29.3 Å². The SMILES string of the molecule is CO[NH+]([O-])c1ccccc1OCC1(CC2CCCCC2)N=C(N)N(C)C1=O. The number of aliphatic imine (C=N–C) groups is 1. The molecule has 8 nitrogen and oxygen atoms in total. The van der Waals surface area contributed by atoms with Crippen molar-refractivity contribution in [1.29, 1.82) is 0 Å². The lowest BCUT2D eigenvalue weighted by Crippen LogP contribution is -3.00. The van der Waals surface area contributed by atoms with Crippen LogP contribution < -0.4 is 15.7 Å². The van der Waals surface area contributed by atoms with Crippen LogP contribution in [-0.2, 0) is 9.63 Å². The highest BCUT2D eigenvalue weighted by atomic mass is 16.9. The first-order valence-electron chi connectivity index (χ1n) is 9.40. The molecule has 2 unspecified atom stereocenters. The fourth-order valence-corrected chi connectivity index (χ4v) is 3.98. The number of ether oxygens (including phenoxy) is 1. The number of quaternary nitrogens is 1. The van der Waals surface area contributed by atoms with E-state index in [1.807, 2.05) is 0 Å². The third-order valence-corrected chi connectivity index (χ3v) is 5.48. The van der Waals surface area contributed by atoms with E-state index in [9.17, 15) is 10.0 Å². The molecule has 3 rings (SSSR count). The fourth-order valence-electron chi connectivity index (χ4n) is 3.98. The van der Waals surface area contributed by atoms with Gasteiger partial charge >= 0.3 is 0 Å². The monoisotopic (exact) mass is 376 g/mol. The van der Waals surface area contributed by atoms with E-state index < -0.39 is 10.8 Å². The Labute approximate surface area is 159 Å². The number of nitrogens with zero attached hydrogens (tertiary/aromatic N) is 2. The summed E-state index contributed by atoms with van der Waals surface area (Å²) in [5.41, 5.74) is 5.23. The van der Waals surface area contributed by atoms with Gasteiger partial charge in [-0.2, -0.15) is 5.23 Å². The van der Waals surface area contributed by atoms with E-state index in [1.165, 1.54) is 31.3 Å². The molecule has 27 heavy (non-hydrogen) atoms. The number of guanidine groups is 1. The van der Waals surface area contributed by atoms with E-state index in [0.717, 1.165) is 12.8 Å². The molecule has 0 saturated heterocycles. The summed E-state index contributed by atoms with van der Waals surface area (Å²) in [4.78, 5) is 23.7. The molecule has 3 N–H and O–H groups in total. The van der Waals surface area contributed by atoms with Crippen molar-refractivity contribution in [2.45, 2.75) is 44.1 Å². The van der Waals surface area contributed by atoms with E-state index in [4.69, 9.17) is 15.3 Å². The molecule has 1 aromatic carbocycles. The number of carbonyl (C=O) groups is 1. The van der Waals surface area contributed by atoms with Gasteiger partial charge in [-0.05, 0) is 18.4 Å². The third-order valence-electron chi connectivity index (χ3n) is 5.48. The molecular formula is C19H28N4O4. The van der Waals surface area contributed by atoms with E-state index in [1.54, 1.807) is 31.3 Å². The second-order valence-electron chi connectivity index (χ2n) is 7.35. The molecule has 8 heteroatoms. The summed E-state index contributed by atoms with van der Waals surface area (Å²) < 4.78 is 5.95. The normalized spacial score (nSPS) is 24.8. The van der Waals surface area contributed by atoms with Gasteiger partial charge in [0.1, 0.15) is 6.61 Å². The van der Waals surface area contributed by atoms with Crippen LogP contribution in [0.1, 0.15) is 38.5 Å². The lowest BCUT2D eigenvalue weighted by Gasteiger charge is -2.31. The van der Waals surface area contributed by atoms with Gasteiger partial charge in [-0.3, -0.25) is 9.69 Å². The molecule has 1 heterocycles. The standard InChI is InChI=1S/C19H28N4O4/c1-22-17(24)19(21-18(22)20,12-14-8-4-3-5-9-14)13-27-16-11-7-6-10-15(16)23(25)26-2/h6-7,10-11,14,23H,3-5,8-9,12-13H2,1-2H3,(H2,20,21). The predicted octanol–water partition coefficient (Wildman–Crippen LogP) is 1.14. The summed E-state index contributed by atoms with van der Waals surface area (Å²) >= 11 is 0. The highest BCUT2D eigenvalue weighted by Gasteiger charge is 2.48. The second kappa shape index (κ2) is 8.24. The summed E-state index contributed by atoms with van der Waals surface area (Å²) in [6.07, 6.45) is 6.38. The molecule has 148 valence electrons. The van der Waals surface area contributed by atoms with Crippen LogP contribution in [0.4, 0.5) is 5.69 Å². The van der Waals surface area contributed by atoms with Gasteiger partial charge in [0.15, 0.2) is 17.2 Å². The summed E-state index contributed by atoms with van der Waals surface area (Å²) in [5, 5.41) is 11.5. The largest absolute Gasteiger partial charge is 0.595 e. The average molecular weight is 376 g/mol. The lowest BCUT2D eigenvalue weighted by atomic mass is 9.79. The molecule has 2 atom stereocenters. The molecule has 1 saturated carbocycles. The molecule has 0 radical (unpaired) electrons. The molecule has 0 bridgehead atoms. The van der Waals surface area contributed by atoms with Crippen LogP contribution >= 0.6 is 0 Å². The maximum Gasteiger partial charge on any atom is 0.260 e. The van der Waals surface area contributed by atoms with Crippen molar-refractivity contribution in [3.8, 4) is 5.75 Å². The van der Waals surface area contributed by atoms with Gasteiger partial charge in [-0.15, -0.1) is 0 Å². The summed E-state index contributed by atoms with van der Waals surface area (Å²) in [5.74, 6) is 0.857. The summed E-state index contributed by atoms with van der Waals surface area (Å²) in [6.45, 7) is 0.0430. The van der Waals surface area contributed by atoms with Gasteiger partial charge in [0.05, 0.1) is 7.11 Å². The van der Waals surface area contributed by atoms with Crippen molar-refractivity contribution in [2.24, 2.45) is 16.6 Å². The van der Waals surface area contributed by atoms with Crippen molar-refractivity contribution in [2.75, 3.05) is 20.8 Å². The molecule has 1 aliphatic carbocycles. The Morgan fingerprint density at radius 2 is 2.04 bits per heavy atom. The highest BCUT2D eigenvalue weighted by Crippen LogP contribution is 2.36. The van der Waals surface area contributed by atoms with Crippen LogP contribution in [0.2, 0.25) is 0 Å². The number of amides is 1. The Kier molecular flexibility index (Phi) is 5.98. The molecule has 1 amide bonds. The first-order chi connectivity index (χ1) is 13.0. The molecule has 2 aliphatic rings. The molecule has 1 aromatic rings. The minimum Gasteiger partial charge on any atom is -0.595 e. The number of benzene rings is 1. The number of rotatable bonds is 7. The van der Waals surface area contributed by atoms with E-state index in [-0.39, 0.29) is 18.5 Å². The number of nitrogens with one attached hydrogen (secondary N) is 1. The van der Waals surface area contributed by atoms with Crippen LogP contribution in [0.25, 0.3) is 0 Å². The Balaban J connectivity index is 1.82. The number of para-hydroxylation sites is 1. The van der Waals surface area contributed by atoms with Gasteiger partial charge in [0.25, 0.3) is 5.91 Å². The van der Waals surface area contributed by atoms with Gasteiger partial charge in [-0.1, -0.05) is 44.2 Å². The average Bonchev–Trinajstić information content (AvgIpc) is 2.90. The number of carbonyl (C=O) groups excluding carboxylic acids is 1. The Hall–Kier alpha value is -2.16. The minimum atomic E-state index is -1.04. The first kappa shape index (κ1) is 19.6. The number of hydrogen-bond donors (Lipinski definition) is 2. The Morgan fingerprint density at radius 3 is 2.67 bits per heavy atom. The Bertz CT molecular complexity index is 705. The maximum atomic E-state index is 13.0. The predicted molar refractivity (Wildman–Crippen MR) is 101 cm³/mol. The Morgan fingerprint density at radius 1 is 1.33 bits per heavy atom. The topological polar surface area (TPSA) is 105 Å². The summed E-state index contributed by atoms with van der Waals surface area (Å²) in [7, 11) is 2.95. The first-order valence-corrected chi connectivity index (χ1v) is 9.40. The van der Waals surface area contributed by atoms with Crippen LogP contribution in [0.5, 0.6) is 5.75 Å². The molecule has 1 fully saturated rings. The fraction of sp³-hybridized carbons (Fsp3) is 0.579. The maximum absolute atomic E-state index is 13.0. The number of hydrogen-bond acceptors (Lipinski definition) is 6. The van der Waals surface area contributed by atoms with Crippen molar-refractivity contribution >= 4 is 17.6 Å². The lowest BCUT2D eigenvalue weighted by molar-refractivity contribution is -0.992. The number of nitrogens with two attached hydrogens (primary N) is 1. The quantitative estimate of drug-likeness (QED) is 0.694. The summed E-state index contributed by atoms with van der Waals surface area (Å²) in [6, 6.07) is 6.84. The zero-order valence-electron chi connectivity index (χ0n) is 15.9. The zero-order chi connectivity index (χ0) is 19.4. The van der Waals surface area contributed by atoms with Gasteiger partial charge in [0, 0.05) is 13.1 Å². The van der Waals surface area contributed by atoms with Gasteiger partial charge in [-0.25, -0.2) is 9.83 Å². The smallest absolute Gasteiger partial charge is 0.260 e. The van der Waals surface area contributed by atoms with Crippen molar-refractivity contribution in [3.05, 3.63) is 29.5 Å². The second-order valence-corrected chi connectivity index (χ2v) is 7.35. The highest BCUT2D eigenvalue weighted by molar-refractivity contribution is 6.06. The van der Waals surface area contributed by atoms with E-state index in [0.29, 0.717) is 23.8 Å². The van der Waals surface area contributed by atoms with Gasteiger partial charge in [0.2, 0.25) is 5.69 Å². The van der Waals surface area contributed by atoms with Gasteiger partial charge < -0.3 is 15.7 Å². The molecule has 0 aromatic heterocycles. The third kappa shape index (κ3) is 4.07. The number of likely N-dealkylation sites (N-methyl/N-ethyl adjacent to an activating group) is 1. The van der Waals surface area contributed by atoms with Crippen molar-refractivity contribution in [1.82, 2.24) is 4.90 Å². The van der Waals surface area contributed by atoms with Crippen LogP contribution in [0, 0.1) is 11.1 Å². The van der Waals surface area contributed by atoms with Crippen LogP contribution in [0.3, 0.4) is 0 Å². The molecule has 1 aliphatic heterocycles. The van der Waals surface area contributed by atoms with E-state index >= 15 is 0 Å². The molecule has 0 spiro atoms. The minimum absolute atomic E-state index is 0.0430. The van der Waals surface area contributed by atoms with Crippen LogP contribution in [-0.4, -0.2) is 43.1 Å². The van der Waals surface area contributed by atoms with E-state index in [2.05, 4.69) is 4.99 Å². The zero-order valence-corrected chi connectivity index (χ0v) is 15.9. The molecular weight excluding hydrogens is 348 g/mol. The van der Waals surface area contributed by atoms with Crippen molar-refractivity contribution < 1.29 is 19.6 Å².